The molecule has 3 rings (SSSR count). The second kappa shape index (κ2) is 8.16. The number of pyridine rings is 1. The summed E-state index contributed by atoms with van der Waals surface area (Å²) >= 11 is 0. The Bertz CT molecular complexity index is 907. The van der Waals surface area contributed by atoms with Crippen molar-refractivity contribution in [1.82, 2.24) is 9.88 Å². The SMILES string of the molecule is C[C@H]1CC[C@H](c2ccc(F)cc2)N(C(=O)C(=O)Nc2cncc(C(N)=O)c2)C1.[HH]. The van der Waals surface area contributed by atoms with Gasteiger partial charge in [0.15, 0.2) is 0 Å². The molecule has 2 atom stereocenters. The quantitative estimate of drug-likeness (QED) is 0.791. The van der Waals surface area contributed by atoms with Crippen molar-refractivity contribution in [1.29, 1.82) is 0 Å². The molecule has 1 aliphatic rings. The van der Waals surface area contributed by atoms with Gasteiger partial charge in [-0.05, 0) is 42.5 Å². The zero-order valence-corrected chi connectivity index (χ0v) is 15.4. The molecule has 0 aliphatic carbocycles. The van der Waals surface area contributed by atoms with Gasteiger partial charge in [0, 0.05) is 14.2 Å². The van der Waals surface area contributed by atoms with Crippen LogP contribution in [0.15, 0.2) is 42.7 Å². The van der Waals surface area contributed by atoms with Crippen molar-refractivity contribution >= 4 is 23.4 Å². The predicted octanol–water partition coefficient (Wildman–Crippen LogP) is 2.50. The highest BCUT2D eigenvalue weighted by Gasteiger charge is 2.34. The number of carbonyl (C=O) groups excluding carboxylic acids is 3. The van der Waals surface area contributed by atoms with E-state index in [2.05, 4.69) is 10.3 Å². The maximum absolute atomic E-state index is 13.2. The number of hydrogen-bond acceptors (Lipinski definition) is 4. The number of amides is 3. The number of piperidine rings is 1. The summed E-state index contributed by atoms with van der Waals surface area (Å²) in [7, 11) is 0. The molecule has 1 aromatic heterocycles. The van der Waals surface area contributed by atoms with E-state index in [-0.39, 0.29) is 30.5 Å². The fourth-order valence-electron chi connectivity index (χ4n) is 3.37. The fourth-order valence-corrected chi connectivity index (χ4v) is 3.37. The van der Waals surface area contributed by atoms with Gasteiger partial charge < -0.3 is 16.0 Å². The van der Waals surface area contributed by atoms with Crippen molar-refractivity contribution in [2.75, 3.05) is 11.9 Å². The average molecular weight is 386 g/mol. The maximum Gasteiger partial charge on any atom is 0.313 e. The van der Waals surface area contributed by atoms with Crippen molar-refractivity contribution in [3.05, 3.63) is 59.7 Å². The maximum atomic E-state index is 13.2. The summed E-state index contributed by atoms with van der Waals surface area (Å²) in [6.45, 7) is 2.44. The number of halogens is 1. The molecule has 0 radical (unpaired) electrons. The molecule has 2 aromatic rings. The topological polar surface area (TPSA) is 105 Å². The van der Waals surface area contributed by atoms with Crippen molar-refractivity contribution < 1.29 is 20.2 Å². The summed E-state index contributed by atoms with van der Waals surface area (Å²) < 4.78 is 13.2. The third-order valence-electron chi connectivity index (χ3n) is 4.81. The molecule has 3 N–H and O–H groups in total. The van der Waals surface area contributed by atoms with Crippen LogP contribution in [0.25, 0.3) is 0 Å². The normalized spacial score (nSPS) is 19.1. The zero-order chi connectivity index (χ0) is 20.3. The van der Waals surface area contributed by atoms with Crippen LogP contribution in [0.5, 0.6) is 0 Å². The van der Waals surface area contributed by atoms with Gasteiger partial charge in [-0.3, -0.25) is 19.4 Å². The van der Waals surface area contributed by atoms with E-state index in [1.54, 1.807) is 12.1 Å². The van der Waals surface area contributed by atoms with Crippen LogP contribution in [-0.2, 0) is 9.59 Å². The van der Waals surface area contributed by atoms with Gasteiger partial charge >= 0.3 is 11.8 Å². The Morgan fingerprint density at radius 1 is 1.21 bits per heavy atom. The lowest BCUT2D eigenvalue weighted by atomic mass is 9.90. The number of benzene rings is 1. The number of hydrogen-bond donors (Lipinski definition) is 2. The summed E-state index contributed by atoms with van der Waals surface area (Å²) in [6.07, 6.45) is 4.19. The van der Waals surface area contributed by atoms with E-state index in [4.69, 9.17) is 5.73 Å². The molecule has 148 valence electrons. The first-order valence-corrected chi connectivity index (χ1v) is 8.97. The lowest BCUT2D eigenvalue weighted by Crippen LogP contribution is -2.46. The number of carbonyl (C=O) groups is 3. The number of primary amides is 1. The largest absolute Gasteiger partial charge is 0.366 e. The first-order chi connectivity index (χ1) is 13.3. The minimum Gasteiger partial charge on any atom is -0.366 e. The second-order valence-corrected chi connectivity index (χ2v) is 6.99. The highest BCUT2D eigenvalue weighted by Crippen LogP contribution is 2.33. The van der Waals surface area contributed by atoms with Crippen LogP contribution in [0.2, 0.25) is 0 Å². The summed E-state index contributed by atoms with van der Waals surface area (Å²) in [4.78, 5) is 42.0. The van der Waals surface area contributed by atoms with Crippen LogP contribution < -0.4 is 11.1 Å². The molecular weight excluding hydrogens is 363 g/mol. The van der Waals surface area contributed by atoms with Crippen molar-refractivity contribution in [2.24, 2.45) is 11.7 Å². The summed E-state index contributed by atoms with van der Waals surface area (Å²) in [5, 5.41) is 2.47. The van der Waals surface area contributed by atoms with Crippen LogP contribution in [0.4, 0.5) is 10.1 Å². The number of likely N-dealkylation sites (tertiary alicyclic amines) is 1. The Labute approximate surface area is 163 Å². The van der Waals surface area contributed by atoms with Crippen molar-refractivity contribution in [3.63, 3.8) is 0 Å². The molecular formula is C20H23FN4O3. The molecule has 3 amide bonds. The molecule has 1 saturated heterocycles. The Hall–Kier alpha value is -3.29. The molecule has 28 heavy (non-hydrogen) atoms. The van der Waals surface area contributed by atoms with E-state index >= 15 is 0 Å². The molecule has 0 bridgehead atoms. The smallest absolute Gasteiger partial charge is 0.313 e. The van der Waals surface area contributed by atoms with E-state index in [0.29, 0.717) is 13.0 Å². The molecule has 7 nitrogen and oxygen atoms in total. The van der Waals surface area contributed by atoms with Gasteiger partial charge in [-0.1, -0.05) is 19.1 Å². The summed E-state index contributed by atoms with van der Waals surface area (Å²) in [5.74, 6) is -2.31. The number of nitrogens with zero attached hydrogens (tertiary/aromatic N) is 2. The van der Waals surface area contributed by atoms with E-state index in [0.717, 1.165) is 12.0 Å². The lowest BCUT2D eigenvalue weighted by Gasteiger charge is -2.38. The third kappa shape index (κ3) is 4.33. The van der Waals surface area contributed by atoms with Crippen LogP contribution in [-0.4, -0.2) is 34.2 Å². The highest BCUT2D eigenvalue weighted by molar-refractivity contribution is 6.39. The van der Waals surface area contributed by atoms with E-state index < -0.39 is 17.7 Å². The van der Waals surface area contributed by atoms with Gasteiger partial charge in [0.05, 0.1) is 23.5 Å². The average Bonchev–Trinajstić information content (AvgIpc) is 2.68. The lowest BCUT2D eigenvalue weighted by molar-refractivity contribution is -0.146. The molecule has 8 heteroatoms. The van der Waals surface area contributed by atoms with Crippen LogP contribution in [0.3, 0.4) is 0 Å². The van der Waals surface area contributed by atoms with Crippen molar-refractivity contribution in [3.8, 4) is 0 Å². The first kappa shape index (κ1) is 19.5. The summed E-state index contributed by atoms with van der Waals surface area (Å²) in [6, 6.07) is 7.01. The van der Waals surface area contributed by atoms with Gasteiger partial charge in [0.2, 0.25) is 5.91 Å². The second-order valence-electron chi connectivity index (χ2n) is 6.99. The van der Waals surface area contributed by atoms with Gasteiger partial charge in [0.1, 0.15) is 5.82 Å². The monoisotopic (exact) mass is 386 g/mol. The molecule has 0 saturated carbocycles. The Morgan fingerprint density at radius 2 is 1.93 bits per heavy atom. The zero-order valence-electron chi connectivity index (χ0n) is 15.4. The Kier molecular flexibility index (Phi) is 5.67. The van der Waals surface area contributed by atoms with E-state index in [1.807, 2.05) is 6.92 Å². The first-order valence-electron chi connectivity index (χ1n) is 8.97. The van der Waals surface area contributed by atoms with Crippen LogP contribution >= 0.6 is 0 Å². The number of anilines is 1. The Balaban J connectivity index is 0.00000300. The van der Waals surface area contributed by atoms with Crippen LogP contribution in [0, 0.1) is 11.7 Å². The van der Waals surface area contributed by atoms with E-state index in [9.17, 15) is 18.8 Å². The fraction of sp³-hybridized carbons (Fsp3) is 0.300. The van der Waals surface area contributed by atoms with E-state index in [1.165, 1.54) is 35.5 Å². The molecule has 1 fully saturated rings. The molecule has 1 aliphatic heterocycles. The molecule has 1 aromatic carbocycles. The molecule has 0 unspecified atom stereocenters. The number of aromatic nitrogens is 1. The Morgan fingerprint density at radius 3 is 2.61 bits per heavy atom. The number of rotatable bonds is 3. The number of nitrogens with two attached hydrogens (primary N) is 1. The molecule has 2 heterocycles. The van der Waals surface area contributed by atoms with Gasteiger partial charge in [-0.25, -0.2) is 4.39 Å². The minimum atomic E-state index is -0.829. The summed E-state index contributed by atoms with van der Waals surface area (Å²) in [5.41, 5.74) is 6.32. The highest BCUT2D eigenvalue weighted by atomic mass is 19.1. The predicted molar refractivity (Wildman–Crippen MR) is 103 cm³/mol. The number of nitrogens with one attached hydrogen (secondary N) is 1. The van der Waals surface area contributed by atoms with Gasteiger partial charge in [-0.15, -0.1) is 0 Å². The van der Waals surface area contributed by atoms with Gasteiger partial charge in [0.25, 0.3) is 0 Å². The standard InChI is InChI=1S/C20H21FN4O3.H2/c1-12-2-7-17(13-3-5-15(21)6-4-13)25(11-12)20(28)19(27)24-16-8-14(18(22)26)9-23-10-16;/h3-6,8-10,12,17H,2,7,11H2,1H3,(H2,22,26)(H,24,27);1H/t12-,17+;/m0./s1. The third-order valence-corrected chi connectivity index (χ3v) is 4.81. The van der Waals surface area contributed by atoms with Crippen molar-refractivity contribution in [2.45, 2.75) is 25.8 Å². The van der Waals surface area contributed by atoms with Gasteiger partial charge in [-0.2, -0.15) is 0 Å². The molecule has 0 spiro atoms. The minimum absolute atomic E-state index is 0. The van der Waals surface area contributed by atoms with Crippen LogP contribution in [0.1, 0.15) is 43.2 Å².